The number of carbonyl (C=O) groups is 1. The summed E-state index contributed by atoms with van der Waals surface area (Å²) in [7, 11) is -1.97. The Hall–Kier alpha value is -2.64. The molecule has 3 rings (SSSR count). The number of sulfonamides is 1. The lowest BCUT2D eigenvalue weighted by molar-refractivity contribution is -0.127. The molecule has 29 heavy (non-hydrogen) atoms. The fraction of sp³-hybridized carbons (Fsp3) is 0.318. The van der Waals surface area contributed by atoms with Gasteiger partial charge in [0.15, 0.2) is 0 Å². The molecule has 7 heteroatoms. The average Bonchev–Trinajstić information content (AvgIpc) is 2.74. The highest BCUT2D eigenvalue weighted by Gasteiger charge is 2.29. The Kier molecular flexibility index (Phi) is 6.39. The lowest BCUT2D eigenvalue weighted by Gasteiger charge is -2.33. The molecule has 1 amide bonds. The Bertz CT molecular complexity index is 1020. The van der Waals surface area contributed by atoms with Crippen LogP contribution in [0.15, 0.2) is 53.4 Å². The van der Waals surface area contributed by atoms with Crippen LogP contribution in [0.5, 0.6) is 5.75 Å². The molecule has 154 valence electrons. The third-order valence-electron chi connectivity index (χ3n) is 5.21. The SMILES string of the molecule is COc1ccccc1/C=C/C(=O)N1CCN(S(=O)(=O)c2ccc(C)c(C)c2)CC1. The van der Waals surface area contributed by atoms with Crippen molar-refractivity contribution in [2.24, 2.45) is 0 Å². The molecule has 0 spiro atoms. The molecule has 2 aromatic rings. The van der Waals surface area contributed by atoms with Crippen LogP contribution < -0.4 is 4.74 Å². The summed E-state index contributed by atoms with van der Waals surface area (Å²) in [5.74, 6) is 0.556. The van der Waals surface area contributed by atoms with Crippen LogP contribution in [-0.2, 0) is 14.8 Å². The minimum Gasteiger partial charge on any atom is -0.496 e. The summed E-state index contributed by atoms with van der Waals surface area (Å²) in [6.07, 6.45) is 3.23. The van der Waals surface area contributed by atoms with E-state index in [-0.39, 0.29) is 19.0 Å². The zero-order valence-corrected chi connectivity index (χ0v) is 17.8. The number of piperazine rings is 1. The monoisotopic (exact) mass is 414 g/mol. The van der Waals surface area contributed by atoms with Gasteiger partial charge in [-0.3, -0.25) is 4.79 Å². The van der Waals surface area contributed by atoms with Gasteiger partial charge in [-0.25, -0.2) is 8.42 Å². The van der Waals surface area contributed by atoms with Crippen molar-refractivity contribution in [3.63, 3.8) is 0 Å². The minimum atomic E-state index is -3.55. The standard InChI is InChI=1S/C22H26N2O4S/c1-17-8-10-20(16-18(17)2)29(26,27)24-14-12-23(13-15-24)22(25)11-9-19-6-4-5-7-21(19)28-3/h4-11,16H,12-15H2,1-3H3/b11-9+. The van der Waals surface area contributed by atoms with Gasteiger partial charge in [0.1, 0.15) is 5.75 Å². The van der Waals surface area contributed by atoms with Crippen LogP contribution in [0.4, 0.5) is 0 Å². The molecule has 1 heterocycles. The number of carbonyl (C=O) groups excluding carboxylic acids is 1. The van der Waals surface area contributed by atoms with Gasteiger partial charge in [-0.05, 0) is 49.2 Å². The van der Waals surface area contributed by atoms with Gasteiger partial charge in [0.2, 0.25) is 15.9 Å². The summed E-state index contributed by atoms with van der Waals surface area (Å²) in [6.45, 7) is 5.14. The zero-order chi connectivity index (χ0) is 21.0. The second kappa shape index (κ2) is 8.80. The minimum absolute atomic E-state index is 0.140. The van der Waals surface area contributed by atoms with Gasteiger partial charge in [-0.15, -0.1) is 0 Å². The first-order valence-corrected chi connectivity index (χ1v) is 10.9. The molecule has 0 saturated carbocycles. The normalized spacial score (nSPS) is 15.6. The summed E-state index contributed by atoms with van der Waals surface area (Å²) in [6, 6.07) is 12.6. The molecule has 0 bridgehead atoms. The number of benzene rings is 2. The lowest BCUT2D eigenvalue weighted by atomic mass is 10.1. The molecule has 0 unspecified atom stereocenters. The fourth-order valence-electron chi connectivity index (χ4n) is 3.24. The molecular formula is C22H26N2O4S. The second-order valence-corrected chi connectivity index (χ2v) is 8.99. The molecule has 1 aliphatic rings. The van der Waals surface area contributed by atoms with Crippen LogP contribution in [0, 0.1) is 13.8 Å². The van der Waals surface area contributed by atoms with Crippen molar-refractivity contribution in [2.45, 2.75) is 18.7 Å². The van der Waals surface area contributed by atoms with E-state index in [1.807, 2.05) is 44.2 Å². The number of methoxy groups -OCH3 is 1. The molecule has 0 radical (unpaired) electrons. The Labute approximate surface area is 172 Å². The van der Waals surface area contributed by atoms with E-state index in [2.05, 4.69) is 0 Å². The van der Waals surface area contributed by atoms with Crippen molar-refractivity contribution in [3.05, 3.63) is 65.2 Å². The average molecular weight is 415 g/mol. The van der Waals surface area contributed by atoms with Crippen molar-refractivity contribution in [3.8, 4) is 5.75 Å². The summed E-state index contributed by atoms with van der Waals surface area (Å²) >= 11 is 0. The highest BCUT2D eigenvalue weighted by Crippen LogP contribution is 2.21. The van der Waals surface area contributed by atoms with E-state index in [1.165, 1.54) is 10.4 Å². The van der Waals surface area contributed by atoms with Crippen LogP contribution in [0.2, 0.25) is 0 Å². The van der Waals surface area contributed by atoms with E-state index in [0.717, 1.165) is 16.7 Å². The van der Waals surface area contributed by atoms with E-state index in [4.69, 9.17) is 4.74 Å². The Morgan fingerprint density at radius 1 is 1.00 bits per heavy atom. The molecule has 1 fully saturated rings. The summed E-state index contributed by atoms with van der Waals surface area (Å²) in [5, 5.41) is 0. The van der Waals surface area contributed by atoms with Crippen LogP contribution in [0.1, 0.15) is 16.7 Å². The molecule has 0 N–H and O–H groups in total. The number of rotatable bonds is 5. The third kappa shape index (κ3) is 4.68. The number of nitrogens with zero attached hydrogens (tertiary/aromatic N) is 2. The molecule has 2 aromatic carbocycles. The molecule has 0 atom stereocenters. The van der Waals surface area contributed by atoms with Crippen molar-refractivity contribution < 1.29 is 17.9 Å². The van der Waals surface area contributed by atoms with E-state index in [0.29, 0.717) is 23.7 Å². The Morgan fingerprint density at radius 3 is 2.34 bits per heavy atom. The molecular weight excluding hydrogens is 388 g/mol. The first-order valence-electron chi connectivity index (χ1n) is 9.50. The van der Waals surface area contributed by atoms with Gasteiger partial charge < -0.3 is 9.64 Å². The molecule has 1 aliphatic heterocycles. The zero-order valence-electron chi connectivity index (χ0n) is 17.0. The predicted molar refractivity (Wildman–Crippen MR) is 113 cm³/mol. The number of amides is 1. The van der Waals surface area contributed by atoms with Gasteiger partial charge in [0.05, 0.1) is 12.0 Å². The smallest absolute Gasteiger partial charge is 0.246 e. The first-order chi connectivity index (χ1) is 13.8. The summed E-state index contributed by atoms with van der Waals surface area (Å²) < 4.78 is 32.5. The van der Waals surface area contributed by atoms with Crippen LogP contribution in [-0.4, -0.2) is 56.8 Å². The number of aryl methyl sites for hydroxylation is 2. The highest BCUT2D eigenvalue weighted by molar-refractivity contribution is 7.89. The summed E-state index contributed by atoms with van der Waals surface area (Å²) in [5.41, 5.74) is 2.82. The fourth-order valence-corrected chi connectivity index (χ4v) is 4.75. The maximum atomic E-state index is 12.9. The van der Waals surface area contributed by atoms with Crippen molar-refractivity contribution >= 4 is 22.0 Å². The number of ether oxygens (including phenoxy) is 1. The second-order valence-electron chi connectivity index (χ2n) is 7.05. The number of para-hydroxylation sites is 1. The maximum absolute atomic E-state index is 12.9. The van der Waals surface area contributed by atoms with E-state index in [1.54, 1.807) is 30.2 Å². The molecule has 1 saturated heterocycles. The predicted octanol–water partition coefficient (Wildman–Crippen LogP) is 2.86. The maximum Gasteiger partial charge on any atom is 0.246 e. The Morgan fingerprint density at radius 2 is 1.69 bits per heavy atom. The quantitative estimate of drug-likeness (QED) is 0.706. The first kappa shape index (κ1) is 21.1. The largest absolute Gasteiger partial charge is 0.496 e. The van der Waals surface area contributed by atoms with Gasteiger partial charge in [-0.2, -0.15) is 4.31 Å². The third-order valence-corrected chi connectivity index (χ3v) is 7.11. The lowest BCUT2D eigenvalue weighted by Crippen LogP contribution is -2.50. The van der Waals surface area contributed by atoms with Crippen LogP contribution in [0.3, 0.4) is 0 Å². The summed E-state index contributed by atoms with van der Waals surface area (Å²) in [4.78, 5) is 14.5. The Balaban J connectivity index is 1.64. The van der Waals surface area contributed by atoms with Gasteiger partial charge >= 0.3 is 0 Å². The van der Waals surface area contributed by atoms with E-state index in [9.17, 15) is 13.2 Å². The van der Waals surface area contributed by atoms with Gasteiger partial charge in [0.25, 0.3) is 0 Å². The topological polar surface area (TPSA) is 66.9 Å². The van der Waals surface area contributed by atoms with E-state index >= 15 is 0 Å². The molecule has 0 aromatic heterocycles. The van der Waals surface area contributed by atoms with Crippen molar-refractivity contribution in [2.75, 3.05) is 33.3 Å². The number of hydrogen-bond donors (Lipinski definition) is 0. The molecule has 6 nitrogen and oxygen atoms in total. The van der Waals surface area contributed by atoms with Gasteiger partial charge in [0, 0.05) is 37.8 Å². The number of hydrogen-bond acceptors (Lipinski definition) is 4. The van der Waals surface area contributed by atoms with Gasteiger partial charge in [-0.1, -0.05) is 24.3 Å². The van der Waals surface area contributed by atoms with Crippen molar-refractivity contribution in [1.29, 1.82) is 0 Å². The van der Waals surface area contributed by atoms with Crippen LogP contribution >= 0.6 is 0 Å². The van der Waals surface area contributed by atoms with Crippen molar-refractivity contribution in [1.82, 2.24) is 9.21 Å². The van der Waals surface area contributed by atoms with Crippen LogP contribution in [0.25, 0.3) is 6.08 Å². The molecule has 0 aliphatic carbocycles. The highest BCUT2D eigenvalue weighted by atomic mass is 32.2. The van der Waals surface area contributed by atoms with E-state index < -0.39 is 10.0 Å².